The molecule has 26 heavy (non-hydrogen) atoms. The molecule has 0 fully saturated rings. The van der Waals surface area contributed by atoms with Gasteiger partial charge >= 0.3 is 0 Å². The van der Waals surface area contributed by atoms with E-state index in [1.165, 1.54) is 11.1 Å². The maximum Gasteiger partial charge on any atom is 0.252 e. The average Bonchev–Trinajstić information content (AvgIpc) is 3.20. The normalized spacial score (nSPS) is 16.8. The number of amides is 1. The Morgan fingerprint density at radius 1 is 1.00 bits per heavy atom. The quantitative estimate of drug-likeness (QED) is 0.676. The fourth-order valence-corrected chi connectivity index (χ4v) is 3.55. The lowest BCUT2D eigenvalue weighted by Gasteiger charge is -2.26. The molecule has 3 aromatic rings. The lowest BCUT2D eigenvalue weighted by Crippen LogP contribution is -2.31. The van der Waals surface area contributed by atoms with Crippen LogP contribution in [-0.4, -0.2) is 5.91 Å². The SMILES string of the molecule is O=C(N[C@@H]1CCCc2ccccc21)/C(=C/c1ccco1)c1ccccc1. The van der Waals surface area contributed by atoms with Crippen LogP contribution in [0.4, 0.5) is 0 Å². The van der Waals surface area contributed by atoms with Gasteiger partial charge in [-0.2, -0.15) is 0 Å². The summed E-state index contributed by atoms with van der Waals surface area (Å²) in [5.41, 5.74) is 4.06. The summed E-state index contributed by atoms with van der Waals surface area (Å²) in [5, 5.41) is 3.24. The Labute approximate surface area is 153 Å². The first kappa shape index (κ1) is 16.4. The van der Waals surface area contributed by atoms with Crippen LogP contribution in [0.3, 0.4) is 0 Å². The van der Waals surface area contributed by atoms with Crippen LogP contribution in [0, 0.1) is 0 Å². The van der Waals surface area contributed by atoms with Crippen molar-refractivity contribution in [2.45, 2.75) is 25.3 Å². The highest BCUT2D eigenvalue weighted by Crippen LogP contribution is 2.30. The predicted molar refractivity (Wildman–Crippen MR) is 103 cm³/mol. The molecular formula is C23H21NO2. The Kier molecular flexibility index (Phi) is 4.69. The van der Waals surface area contributed by atoms with Crippen LogP contribution in [0.1, 0.15) is 41.3 Å². The number of benzene rings is 2. The van der Waals surface area contributed by atoms with E-state index in [0.717, 1.165) is 24.8 Å². The molecule has 1 heterocycles. The van der Waals surface area contributed by atoms with Crippen molar-refractivity contribution in [3.63, 3.8) is 0 Å². The summed E-state index contributed by atoms with van der Waals surface area (Å²) in [6.07, 6.45) is 6.55. The lowest BCUT2D eigenvalue weighted by molar-refractivity contribution is -0.116. The second-order valence-electron chi connectivity index (χ2n) is 6.56. The van der Waals surface area contributed by atoms with Gasteiger partial charge in [0.1, 0.15) is 5.76 Å². The van der Waals surface area contributed by atoms with E-state index in [2.05, 4.69) is 23.5 Å². The summed E-state index contributed by atoms with van der Waals surface area (Å²) in [5.74, 6) is 0.595. The zero-order valence-corrected chi connectivity index (χ0v) is 14.5. The molecular weight excluding hydrogens is 322 g/mol. The van der Waals surface area contributed by atoms with Gasteiger partial charge in [0.25, 0.3) is 5.91 Å². The minimum Gasteiger partial charge on any atom is -0.465 e. The fraction of sp³-hybridized carbons (Fsp3) is 0.174. The van der Waals surface area contributed by atoms with Gasteiger partial charge < -0.3 is 9.73 Å². The van der Waals surface area contributed by atoms with E-state index in [-0.39, 0.29) is 11.9 Å². The molecule has 1 amide bonds. The van der Waals surface area contributed by atoms with Crippen molar-refractivity contribution in [2.24, 2.45) is 0 Å². The zero-order valence-electron chi connectivity index (χ0n) is 14.5. The van der Waals surface area contributed by atoms with E-state index in [9.17, 15) is 4.79 Å². The molecule has 1 aliphatic rings. The van der Waals surface area contributed by atoms with Crippen LogP contribution in [-0.2, 0) is 11.2 Å². The van der Waals surface area contributed by atoms with Crippen molar-refractivity contribution in [1.29, 1.82) is 0 Å². The van der Waals surface area contributed by atoms with Crippen LogP contribution >= 0.6 is 0 Å². The van der Waals surface area contributed by atoms with Gasteiger partial charge in [-0.15, -0.1) is 0 Å². The van der Waals surface area contributed by atoms with Crippen LogP contribution in [0.25, 0.3) is 11.6 Å². The van der Waals surface area contributed by atoms with Crippen molar-refractivity contribution in [1.82, 2.24) is 5.32 Å². The Bertz CT molecular complexity index is 910. The van der Waals surface area contributed by atoms with Gasteiger partial charge in [0.15, 0.2) is 0 Å². The number of fused-ring (bicyclic) bond motifs is 1. The van der Waals surface area contributed by atoms with Gasteiger partial charge in [-0.25, -0.2) is 0 Å². The third kappa shape index (κ3) is 3.47. The monoisotopic (exact) mass is 343 g/mol. The summed E-state index contributed by atoms with van der Waals surface area (Å²) in [7, 11) is 0. The molecule has 0 aliphatic heterocycles. The Morgan fingerprint density at radius 2 is 1.81 bits per heavy atom. The first-order valence-corrected chi connectivity index (χ1v) is 9.00. The number of furan rings is 1. The summed E-state index contributed by atoms with van der Waals surface area (Å²) < 4.78 is 5.43. The molecule has 0 bridgehead atoms. The first-order valence-electron chi connectivity index (χ1n) is 9.00. The molecule has 3 nitrogen and oxygen atoms in total. The molecule has 0 radical (unpaired) electrons. The second-order valence-corrected chi connectivity index (χ2v) is 6.56. The summed E-state index contributed by atoms with van der Waals surface area (Å²) >= 11 is 0. The van der Waals surface area contributed by atoms with E-state index >= 15 is 0 Å². The van der Waals surface area contributed by atoms with E-state index in [0.29, 0.717) is 11.3 Å². The standard InChI is InChI=1S/C23H21NO2/c25-23(24-22-14-6-11-17-10-4-5-13-20(17)22)21(16-19-12-7-15-26-19)18-8-2-1-3-9-18/h1-5,7-10,12-13,15-16,22H,6,11,14H2,(H,24,25)/b21-16+/t22-/m1/s1. The molecule has 1 N–H and O–H groups in total. The van der Waals surface area contributed by atoms with Crippen molar-refractivity contribution in [2.75, 3.05) is 0 Å². The lowest BCUT2D eigenvalue weighted by atomic mass is 9.87. The van der Waals surface area contributed by atoms with Gasteiger partial charge in [-0.05, 0) is 54.2 Å². The molecule has 1 aliphatic carbocycles. The second kappa shape index (κ2) is 7.44. The van der Waals surface area contributed by atoms with Gasteiger partial charge in [-0.3, -0.25) is 4.79 Å². The van der Waals surface area contributed by atoms with Crippen molar-refractivity contribution in [3.05, 3.63) is 95.4 Å². The van der Waals surface area contributed by atoms with E-state index in [1.54, 1.807) is 12.3 Å². The molecule has 0 saturated carbocycles. The van der Waals surface area contributed by atoms with E-state index < -0.39 is 0 Å². The Hall–Kier alpha value is -3.07. The highest BCUT2D eigenvalue weighted by Gasteiger charge is 2.23. The summed E-state index contributed by atoms with van der Waals surface area (Å²) in [6.45, 7) is 0. The third-order valence-electron chi connectivity index (χ3n) is 4.83. The van der Waals surface area contributed by atoms with Crippen molar-refractivity contribution >= 4 is 17.6 Å². The third-order valence-corrected chi connectivity index (χ3v) is 4.83. The molecule has 130 valence electrons. The number of carbonyl (C=O) groups excluding carboxylic acids is 1. The molecule has 1 atom stereocenters. The number of nitrogens with one attached hydrogen (secondary N) is 1. The van der Waals surface area contributed by atoms with Gasteiger partial charge in [0, 0.05) is 0 Å². The average molecular weight is 343 g/mol. The van der Waals surface area contributed by atoms with Crippen LogP contribution in [0.15, 0.2) is 77.4 Å². The Morgan fingerprint density at radius 3 is 2.62 bits per heavy atom. The highest BCUT2D eigenvalue weighted by molar-refractivity contribution is 6.24. The zero-order chi connectivity index (χ0) is 17.8. The smallest absolute Gasteiger partial charge is 0.252 e. The molecule has 0 spiro atoms. The molecule has 3 heteroatoms. The minimum absolute atomic E-state index is 0.0520. The molecule has 0 saturated heterocycles. The molecule has 4 rings (SSSR count). The Balaban J connectivity index is 1.64. The van der Waals surface area contributed by atoms with Crippen molar-refractivity contribution < 1.29 is 9.21 Å². The summed E-state index contributed by atoms with van der Waals surface area (Å²) in [6, 6.07) is 21.8. The highest BCUT2D eigenvalue weighted by atomic mass is 16.3. The van der Waals surface area contributed by atoms with Crippen molar-refractivity contribution in [3.8, 4) is 0 Å². The minimum atomic E-state index is -0.0747. The van der Waals surface area contributed by atoms with Gasteiger partial charge in [-0.1, -0.05) is 54.6 Å². The van der Waals surface area contributed by atoms with E-state index in [1.807, 2.05) is 48.5 Å². The predicted octanol–water partition coefficient (Wildman–Crippen LogP) is 5.01. The van der Waals surface area contributed by atoms with Crippen LogP contribution in [0.5, 0.6) is 0 Å². The largest absolute Gasteiger partial charge is 0.465 e. The summed E-state index contributed by atoms with van der Waals surface area (Å²) in [4.78, 5) is 13.1. The molecule has 2 aromatic carbocycles. The number of hydrogen-bond donors (Lipinski definition) is 1. The van der Waals surface area contributed by atoms with Gasteiger partial charge in [0.2, 0.25) is 0 Å². The van der Waals surface area contributed by atoms with Crippen LogP contribution < -0.4 is 5.32 Å². The van der Waals surface area contributed by atoms with Crippen LogP contribution in [0.2, 0.25) is 0 Å². The molecule has 0 unspecified atom stereocenters. The number of aryl methyl sites for hydroxylation is 1. The topological polar surface area (TPSA) is 42.2 Å². The number of hydrogen-bond acceptors (Lipinski definition) is 2. The fourth-order valence-electron chi connectivity index (χ4n) is 3.55. The molecule has 1 aromatic heterocycles. The maximum absolute atomic E-state index is 13.1. The first-order chi connectivity index (χ1) is 12.8. The number of rotatable bonds is 4. The number of carbonyl (C=O) groups is 1. The maximum atomic E-state index is 13.1. The van der Waals surface area contributed by atoms with Gasteiger partial charge in [0.05, 0.1) is 17.9 Å². The van der Waals surface area contributed by atoms with E-state index in [4.69, 9.17) is 4.42 Å².